The van der Waals surface area contributed by atoms with E-state index in [-0.39, 0.29) is 6.09 Å². The molecule has 0 radical (unpaired) electrons. The summed E-state index contributed by atoms with van der Waals surface area (Å²) in [4.78, 5) is 14.1. The van der Waals surface area contributed by atoms with E-state index in [1.54, 1.807) is 0 Å². The van der Waals surface area contributed by atoms with Gasteiger partial charge in [-0.2, -0.15) is 0 Å². The van der Waals surface area contributed by atoms with Crippen molar-refractivity contribution in [1.82, 2.24) is 10.2 Å². The zero-order valence-corrected chi connectivity index (χ0v) is 13.7. The first-order chi connectivity index (χ1) is 9.85. The van der Waals surface area contributed by atoms with Crippen molar-refractivity contribution in [3.63, 3.8) is 0 Å². The lowest BCUT2D eigenvalue weighted by atomic mass is 10.1. The molecule has 1 heterocycles. The van der Waals surface area contributed by atoms with Crippen LogP contribution >= 0.6 is 0 Å². The molecular weight excluding hydrogens is 266 g/mol. The first-order valence-corrected chi connectivity index (χ1v) is 8.34. The second kappa shape index (κ2) is 6.97. The van der Waals surface area contributed by atoms with E-state index in [0.717, 1.165) is 45.2 Å². The van der Waals surface area contributed by atoms with Gasteiger partial charge in [0.25, 0.3) is 0 Å². The smallest absolute Gasteiger partial charge is 0.410 e. The molecule has 0 aromatic heterocycles. The van der Waals surface area contributed by atoms with Crippen molar-refractivity contribution in [2.75, 3.05) is 13.1 Å². The largest absolute Gasteiger partial charge is 0.444 e. The number of nitrogens with zero attached hydrogens (tertiary/aromatic N) is 1. The maximum atomic E-state index is 12.2. The summed E-state index contributed by atoms with van der Waals surface area (Å²) < 4.78 is 5.50. The number of nitrogens with two attached hydrogens (primary N) is 1. The number of amides is 1. The molecule has 1 amide bonds. The van der Waals surface area contributed by atoms with E-state index in [4.69, 9.17) is 10.5 Å². The predicted molar refractivity (Wildman–Crippen MR) is 84.2 cm³/mol. The fraction of sp³-hybridized carbons (Fsp3) is 0.938. The van der Waals surface area contributed by atoms with Gasteiger partial charge in [-0.3, -0.25) is 0 Å². The SMILES string of the molecule is CC(C)(C)OC(=O)N1CCCC1CCNC1CCC(N)C1. The Bertz CT molecular complexity index is 354. The molecule has 1 saturated heterocycles. The Labute approximate surface area is 128 Å². The molecule has 1 saturated carbocycles. The number of ether oxygens (including phenoxy) is 1. The topological polar surface area (TPSA) is 67.6 Å². The Balaban J connectivity index is 1.73. The Morgan fingerprint density at radius 3 is 2.71 bits per heavy atom. The zero-order valence-electron chi connectivity index (χ0n) is 13.7. The lowest BCUT2D eigenvalue weighted by Gasteiger charge is -2.29. The summed E-state index contributed by atoms with van der Waals surface area (Å²) in [5.74, 6) is 0. The van der Waals surface area contributed by atoms with Crippen LogP contribution in [0, 0.1) is 0 Å². The number of nitrogens with one attached hydrogen (secondary N) is 1. The van der Waals surface area contributed by atoms with Crippen LogP contribution in [0.25, 0.3) is 0 Å². The Morgan fingerprint density at radius 2 is 2.10 bits per heavy atom. The second-order valence-electron chi connectivity index (χ2n) is 7.48. The molecule has 2 aliphatic rings. The normalized spacial score (nSPS) is 29.9. The maximum absolute atomic E-state index is 12.2. The van der Waals surface area contributed by atoms with Crippen molar-refractivity contribution in [2.45, 2.75) is 83.0 Å². The van der Waals surface area contributed by atoms with E-state index in [2.05, 4.69) is 5.32 Å². The molecule has 0 aromatic carbocycles. The summed E-state index contributed by atoms with van der Waals surface area (Å²) in [6.45, 7) is 7.54. The molecule has 2 rings (SSSR count). The predicted octanol–water partition coefficient (Wildman–Crippen LogP) is 2.25. The maximum Gasteiger partial charge on any atom is 0.410 e. The van der Waals surface area contributed by atoms with Crippen LogP contribution in [0.15, 0.2) is 0 Å². The third-order valence-electron chi connectivity index (χ3n) is 4.39. The number of carbonyl (C=O) groups is 1. The molecule has 5 nitrogen and oxygen atoms in total. The lowest BCUT2D eigenvalue weighted by molar-refractivity contribution is 0.0220. The molecule has 2 fully saturated rings. The summed E-state index contributed by atoms with van der Waals surface area (Å²) in [6.07, 6.45) is 6.41. The van der Waals surface area contributed by atoms with E-state index in [0.29, 0.717) is 18.1 Å². The quantitative estimate of drug-likeness (QED) is 0.835. The summed E-state index contributed by atoms with van der Waals surface area (Å²) in [6, 6.07) is 1.26. The monoisotopic (exact) mass is 297 g/mol. The van der Waals surface area contributed by atoms with Crippen LogP contribution in [-0.4, -0.2) is 47.8 Å². The second-order valence-corrected chi connectivity index (χ2v) is 7.48. The molecule has 1 aliphatic carbocycles. The number of carbonyl (C=O) groups excluding carboxylic acids is 1. The van der Waals surface area contributed by atoms with Crippen molar-refractivity contribution in [2.24, 2.45) is 5.73 Å². The van der Waals surface area contributed by atoms with Gasteiger partial charge in [0.1, 0.15) is 5.60 Å². The Hall–Kier alpha value is -0.810. The molecular formula is C16H31N3O2. The van der Waals surface area contributed by atoms with Crippen LogP contribution in [0.1, 0.15) is 59.3 Å². The van der Waals surface area contributed by atoms with Crippen LogP contribution in [-0.2, 0) is 4.74 Å². The van der Waals surface area contributed by atoms with E-state index < -0.39 is 5.60 Å². The van der Waals surface area contributed by atoms with E-state index in [1.807, 2.05) is 25.7 Å². The van der Waals surface area contributed by atoms with Gasteiger partial charge in [0, 0.05) is 24.7 Å². The average molecular weight is 297 g/mol. The van der Waals surface area contributed by atoms with Gasteiger partial charge in [-0.15, -0.1) is 0 Å². The first kappa shape index (κ1) is 16.6. The highest BCUT2D eigenvalue weighted by atomic mass is 16.6. The number of hydrogen-bond donors (Lipinski definition) is 2. The molecule has 0 aromatic rings. The van der Waals surface area contributed by atoms with Crippen LogP contribution in [0.4, 0.5) is 4.79 Å². The number of likely N-dealkylation sites (tertiary alicyclic amines) is 1. The van der Waals surface area contributed by atoms with E-state index in [1.165, 1.54) is 6.42 Å². The standard InChI is InChI=1S/C16H31N3O2/c1-16(2,3)21-15(20)19-10-4-5-14(19)8-9-18-13-7-6-12(17)11-13/h12-14,18H,4-11,17H2,1-3H3. The Morgan fingerprint density at radius 1 is 1.33 bits per heavy atom. The summed E-state index contributed by atoms with van der Waals surface area (Å²) >= 11 is 0. The van der Waals surface area contributed by atoms with Crippen LogP contribution in [0.3, 0.4) is 0 Å². The zero-order chi connectivity index (χ0) is 15.5. The molecule has 0 spiro atoms. The number of hydrogen-bond acceptors (Lipinski definition) is 4. The summed E-state index contributed by atoms with van der Waals surface area (Å²) in [5.41, 5.74) is 5.52. The highest BCUT2D eigenvalue weighted by Gasteiger charge is 2.32. The minimum absolute atomic E-state index is 0.159. The summed E-state index contributed by atoms with van der Waals surface area (Å²) in [5, 5.41) is 3.59. The van der Waals surface area contributed by atoms with E-state index >= 15 is 0 Å². The molecule has 3 unspecified atom stereocenters. The van der Waals surface area contributed by atoms with Gasteiger partial charge in [0.2, 0.25) is 0 Å². The minimum atomic E-state index is -0.414. The molecule has 1 aliphatic heterocycles. The fourth-order valence-electron chi connectivity index (χ4n) is 3.35. The third-order valence-corrected chi connectivity index (χ3v) is 4.39. The molecule has 21 heavy (non-hydrogen) atoms. The highest BCUT2D eigenvalue weighted by molar-refractivity contribution is 5.68. The minimum Gasteiger partial charge on any atom is -0.444 e. The number of rotatable bonds is 4. The van der Waals surface area contributed by atoms with Crippen molar-refractivity contribution < 1.29 is 9.53 Å². The van der Waals surface area contributed by atoms with Gasteiger partial charge >= 0.3 is 6.09 Å². The molecule has 3 atom stereocenters. The molecule has 3 N–H and O–H groups in total. The molecule has 5 heteroatoms. The van der Waals surface area contributed by atoms with Crippen molar-refractivity contribution in [3.8, 4) is 0 Å². The summed E-state index contributed by atoms with van der Waals surface area (Å²) in [7, 11) is 0. The molecule has 0 bridgehead atoms. The van der Waals surface area contributed by atoms with Gasteiger partial charge < -0.3 is 20.7 Å². The van der Waals surface area contributed by atoms with E-state index in [9.17, 15) is 4.79 Å². The lowest BCUT2D eigenvalue weighted by Crippen LogP contribution is -2.41. The van der Waals surface area contributed by atoms with Gasteiger partial charge in [0.15, 0.2) is 0 Å². The van der Waals surface area contributed by atoms with Gasteiger partial charge in [-0.05, 0) is 65.8 Å². The van der Waals surface area contributed by atoms with Crippen LogP contribution in [0.5, 0.6) is 0 Å². The van der Waals surface area contributed by atoms with Gasteiger partial charge in [-0.1, -0.05) is 0 Å². The van der Waals surface area contributed by atoms with Crippen LogP contribution < -0.4 is 11.1 Å². The average Bonchev–Trinajstić information content (AvgIpc) is 2.96. The van der Waals surface area contributed by atoms with Gasteiger partial charge in [0.05, 0.1) is 0 Å². The van der Waals surface area contributed by atoms with Crippen molar-refractivity contribution in [3.05, 3.63) is 0 Å². The van der Waals surface area contributed by atoms with Gasteiger partial charge in [-0.25, -0.2) is 4.79 Å². The molecule has 122 valence electrons. The first-order valence-electron chi connectivity index (χ1n) is 8.34. The van der Waals surface area contributed by atoms with Crippen LogP contribution in [0.2, 0.25) is 0 Å². The third kappa shape index (κ3) is 5.15. The Kier molecular flexibility index (Phi) is 5.49. The van der Waals surface area contributed by atoms with Crippen molar-refractivity contribution >= 4 is 6.09 Å². The highest BCUT2D eigenvalue weighted by Crippen LogP contribution is 2.23. The fourth-order valence-corrected chi connectivity index (χ4v) is 3.35. The van der Waals surface area contributed by atoms with Crippen molar-refractivity contribution in [1.29, 1.82) is 0 Å².